The van der Waals surface area contributed by atoms with Crippen LogP contribution in [-0.4, -0.2) is 24.5 Å². The van der Waals surface area contributed by atoms with Gasteiger partial charge in [-0.3, -0.25) is 4.68 Å². The zero-order chi connectivity index (χ0) is 12.6. The van der Waals surface area contributed by atoms with E-state index >= 15 is 0 Å². The Balaban J connectivity index is 2.25. The zero-order valence-corrected chi connectivity index (χ0v) is 11.6. The van der Waals surface area contributed by atoms with E-state index in [1.165, 1.54) is 0 Å². The van der Waals surface area contributed by atoms with Crippen molar-refractivity contribution in [2.45, 2.75) is 26.4 Å². The Morgan fingerprint density at radius 3 is 2.65 bits per heavy atom. The first-order chi connectivity index (χ1) is 7.99. The molecule has 0 aliphatic carbocycles. The summed E-state index contributed by atoms with van der Waals surface area (Å²) in [5.41, 5.74) is 7.75. The maximum atomic E-state index is 5.72. The van der Waals surface area contributed by atoms with Crippen molar-refractivity contribution < 1.29 is 0 Å². The Hall–Kier alpha value is -1.21. The normalized spacial score (nSPS) is 13.0. The van der Waals surface area contributed by atoms with Gasteiger partial charge in [-0.05, 0) is 29.8 Å². The van der Waals surface area contributed by atoms with Crippen LogP contribution in [0.4, 0.5) is 0 Å². The summed E-state index contributed by atoms with van der Waals surface area (Å²) in [7, 11) is 1.91. The molecule has 0 fully saturated rings. The quantitative estimate of drug-likeness (QED) is 0.922. The van der Waals surface area contributed by atoms with Gasteiger partial charge in [-0.2, -0.15) is 10.2 Å². The number of halogens is 1. The third kappa shape index (κ3) is 2.39. The molecule has 0 saturated carbocycles. The number of hydrogen-bond acceptors (Lipinski definition) is 4. The number of nitrogens with zero attached hydrogens (tertiary/aromatic N) is 5. The van der Waals surface area contributed by atoms with Crippen LogP contribution >= 0.6 is 15.9 Å². The van der Waals surface area contributed by atoms with Gasteiger partial charge in [0.2, 0.25) is 0 Å². The third-order valence-corrected chi connectivity index (χ3v) is 3.57. The fraction of sp³-hybridized carbons (Fsp3) is 0.500. The molecule has 2 aromatic rings. The lowest BCUT2D eigenvalue weighted by Gasteiger charge is -2.03. The molecule has 7 heteroatoms. The van der Waals surface area contributed by atoms with E-state index in [9.17, 15) is 0 Å². The predicted molar refractivity (Wildman–Crippen MR) is 67.4 cm³/mol. The van der Waals surface area contributed by atoms with Crippen LogP contribution in [0.15, 0.2) is 10.8 Å². The average Bonchev–Trinajstić information content (AvgIpc) is 2.80. The molecule has 0 amide bonds. The lowest BCUT2D eigenvalue weighted by atomic mass is 10.3. The van der Waals surface area contributed by atoms with Crippen molar-refractivity contribution in [3.63, 3.8) is 0 Å². The number of aryl methyl sites for hydroxylation is 2. The molecule has 2 aromatic heterocycles. The molecular weight excluding hydrogens is 284 g/mol. The van der Waals surface area contributed by atoms with Crippen LogP contribution in [0, 0.1) is 6.92 Å². The van der Waals surface area contributed by atoms with Crippen LogP contribution in [0.25, 0.3) is 0 Å². The maximum absolute atomic E-state index is 5.72. The standard InChI is InChI=1S/C10H15BrN6/c1-6(12)10-13-5-17(15-10)4-8-9(11)7(2)14-16(8)3/h5-6H,4,12H2,1-3H3. The fourth-order valence-electron chi connectivity index (χ4n) is 1.60. The minimum Gasteiger partial charge on any atom is -0.321 e. The van der Waals surface area contributed by atoms with E-state index in [1.807, 2.05) is 25.6 Å². The summed E-state index contributed by atoms with van der Waals surface area (Å²) in [6, 6.07) is -0.145. The molecule has 17 heavy (non-hydrogen) atoms. The number of aromatic nitrogens is 5. The van der Waals surface area contributed by atoms with Crippen LogP contribution in [0.3, 0.4) is 0 Å². The SMILES string of the molecule is Cc1nn(C)c(Cn2cnc(C(C)N)n2)c1Br. The number of nitrogens with two attached hydrogens (primary N) is 1. The van der Waals surface area contributed by atoms with Gasteiger partial charge in [0.05, 0.1) is 28.4 Å². The molecule has 0 spiro atoms. The summed E-state index contributed by atoms with van der Waals surface area (Å²) in [6.45, 7) is 4.45. The van der Waals surface area contributed by atoms with Gasteiger partial charge in [0, 0.05) is 7.05 Å². The summed E-state index contributed by atoms with van der Waals surface area (Å²) >= 11 is 3.52. The second kappa shape index (κ2) is 4.58. The average molecular weight is 299 g/mol. The topological polar surface area (TPSA) is 74.5 Å². The van der Waals surface area contributed by atoms with Crippen molar-refractivity contribution in [3.8, 4) is 0 Å². The molecule has 0 saturated heterocycles. The first kappa shape index (κ1) is 12.3. The molecule has 92 valence electrons. The lowest BCUT2D eigenvalue weighted by Crippen LogP contribution is -2.10. The monoisotopic (exact) mass is 298 g/mol. The van der Waals surface area contributed by atoms with E-state index in [0.717, 1.165) is 15.9 Å². The van der Waals surface area contributed by atoms with Gasteiger partial charge < -0.3 is 5.73 Å². The zero-order valence-electron chi connectivity index (χ0n) is 10.1. The highest BCUT2D eigenvalue weighted by atomic mass is 79.9. The molecule has 2 rings (SSSR count). The first-order valence-electron chi connectivity index (χ1n) is 5.32. The number of hydrogen-bond donors (Lipinski definition) is 1. The largest absolute Gasteiger partial charge is 0.321 e. The minimum absolute atomic E-state index is 0.145. The summed E-state index contributed by atoms with van der Waals surface area (Å²) in [4.78, 5) is 4.16. The summed E-state index contributed by atoms with van der Waals surface area (Å²) < 4.78 is 4.62. The second-order valence-corrected chi connectivity index (χ2v) is 4.85. The molecule has 0 aromatic carbocycles. The van der Waals surface area contributed by atoms with E-state index in [2.05, 4.69) is 31.1 Å². The Labute approximate surface area is 108 Å². The van der Waals surface area contributed by atoms with Crippen molar-refractivity contribution in [1.29, 1.82) is 0 Å². The molecule has 6 nitrogen and oxygen atoms in total. The van der Waals surface area contributed by atoms with Crippen molar-refractivity contribution >= 4 is 15.9 Å². The van der Waals surface area contributed by atoms with Crippen molar-refractivity contribution in [3.05, 3.63) is 28.0 Å². The lowest BCUT2D eigenvalue weighted by molar-refractivity contribution is 0.602. The highest BCUT2D eigenvalue weighted by molar-refractivity contribution is 9.10. The molecule has 0 bridgehead atoms. The predicted octanol–water partition coefficient (Wildman–Crippen LogP) is 1.15. The van der Waals surface area contributed by atoms with Gasteiger partial charge in [-0.1, -0.05) is 0 Å². The van der Waals surface area contributed by atoms with Crippen LogP contribution in [0.1, 0.15) is 30.2 Å². The van der Waals surface area contributed by atoms with E-state index in [1.54, 1.807) is 11.0 Å². The van der Waals surface area contributed by atoms with Crippen LogP contribution in [-0.2, 0) is 13.6 Å². The van der Waals surface area contributed by atoms with Gasteiger partial charge in [0.15, 0.2) is 5.82 Å². The van der Waals surface area contributed by atoms with Gasteiger partial charge in [0.1, 0.15) is 6.33 Å². The first-order valence-corrected chi connectivity index (χ1v) is 6.11. The van der Waals surface area contributed by atoms with Gasteiger partial charge in [-0.15, -0.1) is 0 Å². The molecule has 2 N–H and O–H groups in total. The molecule has 1 atom stereocenters. The van der Waals surface area contributed by atoms with Crippen molar-refractivity contribution in [1.82, 2.24) is 24.5 Å². The van der Waals surface area contributed by atoms with E-state index < -0.39 is 0 Å². The summed E-state index contributed by atoms with van der Waals surface area (Å²) in [5, 5.41) is 8.65. The van der Waals surface area contributed by atoms with Crippen LogP contribution < -0.4 is 5.73 Å². The van der Waals surface area contributed by atoms with E-state index in [4.69, 9.17) is 5.73 Å². The van der Waals surface area contributed by atoms with Gasteiger partial charge in [-0.25, -0.2) is 9.67 Å². The smallest absolute Gasteiger partial charge is 0.166 e. The molecule has 0 aliphatic rings. The number of rotatable bonds is 3. The minimum atomic E-state index is -0.145. The molecular formula is C10H15BrN6. The molecule has 0 aliphatic heterocycles. The maximum Gasteiger partial charge on any atom is 0.166 e. The van der Waals surface area contributed by atoms with Gasteiger partial charge >= 0.3 is 0 Å². The molecule has 0 radical (unpaired) electrons. The highest BCUT2D eigenvalue weighted by Gasteiger charge is 2.12. The summed E-state index contributed by atoms with van der Waals surface area (Å²) in [5.74, 6) is 0.653. The van der Waals surface area contributed by atoms with Crippen LogP contribution in [0.2, 0.25) is 0 Å². The van der Waals surface area contributed by atoms with Crippen molar-refractivity contribution in [2.24, 2.45) is 12.8 Å². The highest BCUT2D eigenvalue weighted by Crippen LogP contribution is 2.20. The molecule has 1 unspecified atom stereocenters. The molecule has 2 heterocycles. The van der Waals surface area contributed by atoms with E-state index in [0.29, 0.717) is 12.4 Å². The second-order valence-electron chi connectivity index (χ2n) is 4.06. The Morgan fingerprint density at radius 2 is 2.18 bits per heavy atom. The Kier molecular flexibility index (Phi) is 3.30. The Bertz CT molecular complexity index is 527. The third-order valence-electron chi connectivity index (χ3n) is 2.53. The van der Waals surface area contributed by atoms with E-state index in [-0.39, 0.29) is 6.04 Å². The van der Waals surface area contributed by atoms with Crippen molar-refractivity contribution in [2.75, 3.05) is 0 Å². The van der Waals surface area contributed by atoms with Gasteiger partial charge in [0.25, 0.3) is 0 Å². The fourth-order valence-corrected chi connectivity index (χ4v) is 2.06. The van der Waals surface area contributed by atoms with Crippen LogP contribution in [0.5, 0.6) is 0 Å². The Morgan fingerprint density at radius 1 is 1.47 bits per heavy atom. The summed E-state index contributed by atoms with van der Waals surface area (Å²) in [6.07, 6.45) is 1.69.